The fraction of sp³-hybridized carbons (Fsp3) is 0.556. The topological polar surface area (TPSA) is 67.0 Å². The van der Waals surface area contributed by atoms with Gasteiger partial charge in [0.05, 0.1) is 13.0 Å². The minimum absolute atomic E-state index is 0.162. The standard InChI is InChI=1S/C9H15N3O2/c1-2-14-9(13)4-5-10-7-8-3-6-11-12-8/h3,6,10H,2,4-5,7H2,1H3,(H,11,12). The number of hydrogen-bond acceptors (Lipinski definition) is 4. The minimum atomic E-state index is -0.162. The van der Waals surface area contributed by atoms with E-state index in [0.29, 0.717) is 26.1 Å². The van der Waals surface area contributed by atoms with Gasteiger partial charge in [0.1, 0.15) is 0 Å². The van der Waals surface area contributed by atoms with Crippen LogP contribution in [0.2, 0.25) is 0 Å². The second-order valence-corrected chi connectivity index (χ2v) is 2.81. The second kappa shape index (κ2) is 6.15. The predicted molar refractivity (Wildman–Crippen MR) is 51.5 cm³/mol. The van der Waals surface area contributed by atoms with E-state index in [-0.39, 0.29) is 5.97 Å². The largest absolute Gasteiger partial charge is 0.466 e. The highest BCUT2D eigenvalue weighted by molar-refractivity contribution is 5.69. The molecule has 78 valence electrons. The molecule has 5 nitrogen and oxygen atoms in total. The molecular formula is C9H15N3O2. The van der Waals surface area contributed by atoms with Gasteiger partial charge >= 0.3 is 5.97 Å². The van der Waals surface area contributed by atoms with Gasteiger partial charge in [0.2, 0.25) is 0 Å². The number of nitrogens with zero attached hydrogens (tertiary/aromatic N) is 1. The lowest BCUT2D eigenvalue weighted by atomic mass is 10.4. The van der Waals surface area contributed by atoms with Gasteiger partial charge in [0.25, 0.3) is 0 Å². The molecule has 0 bridgehead atoms. The van der Waals surface area contributed by atoms with Crippen molar-refractivity contribution in [2.75, 3.05) is 13.2 Å². The van der Waals surface area contributed by atoms with Crippen molar-refractivity contribution in [3.05, 3.63) is 18.0 Å². The zero-order chi connectivity index (χ0) is 10.2. The molecule has 0 unspecified atom stereocenters. The van der Waals surface area contributed by atoms with Crippen molar-refractivity contribution in [3.63, 3.8) is 0 Å². The average molecular weight is 197 g/mol. The van der Waals surface area contributed by atoms with Crippen LogP contribution in [0.5, 0.6) is 0 Å². The van der Waals surface area contributed by atoms with E-state index in [1.807, 2.05) is 6.07 Å². The van der Waals surface area contributed by atoms with E-state index < -0.39 is 0 Å². The summed E-state index contributed by atoms with van der Waals surface area (Å²) in [6.45, 7) is 3.56. The maximum Gasteiger partial charge on any atom is 0.307 e. The first kappa shape index (κ1) is 10.7. The van der Waals surface area contributed by atoms with E-state index in [0.717, 1.165) is 5.69 Å². The minimum Gasteiger partial charge on any atom is -0.466 e. The van der Waals surface area contributed by atoms with Crippen molar-refractivity contribution in [1.82, 2.24) is 15.5 Å². The average Bonchev–Trinajstić information content (AvgIpc) is 2.65. The number of nitrogens with one attached hydrogen (secondary N) is 2. The molecule has 1 aromatic heterocycles. The van der Waals surface area contributed by atoms with Crippen LogP contribution in [0, 0.1) is 0 Å². The maximum absolute atomic E-state index is 10.9. The molecule has 1 heterocycles. The van der Waals surface area contributed by atoms with Crippen LogP contribution >= 0.6 is 0 Å². The van der Waals surface area contributed by atoms with Gasteiger partial charge in [0, 0.05) is 25.0 Å². The monoisotopic (exact) mass is 197 g/mol. The molecule has 0 saturated carbocycles. The van der Waals surface area contributed by atoms with Crippen molar-refractivity contribution in [2.45, 2.75) is 19.9 Å². The van der Waals surface area contributed by atoms with Crippen molar-refractivity contribution in [3.8, 4) is 0 Å². The third kappa shape index (κ3) is 4.04. The first-order valence-corrected chi connectivity index (χ1v) is 4.67. The molecule has 0 fully saturated rings. The quantitative estimate of drug-likeness (QED) is 0.513. The molecule has 14 heavy (non-hydrogen) atoms. The van der Waals surface area contributed by atoms with Crippen LogP contribution in [-0.2, 0) is 16.1 Å². The molecule has 0 amide bonds. The van der Waals surface area contributed by atoms with Crippen LogP contribution in [0.4, 0.5) is 0 Å². The lowest BCUT2D eigenvalue weighted by Gasteiger charge is -2.02. The van der Waals surface area contributed by atoms with Crippen molar-refractivity contribution < 1.29 is 9.53 Å². The number of aromatic nitrogens is 2. The van der Waals surface area contributed by atoms with Crippen LogP contribution < -0.4 is 5.32 Å². The number of carbonyl (C=O) groups excluding carboxylic acids is 1. The first-order chi connectivity index (χ1) is 6.83. The summed E-state index contributed by atoms with van der Waals surface area (Å²) in [4.78, 5) is 10.9. The lowest BCUT2D eigenvalue weighted by molar-refractivity contribution is -0.142. The van der Waals surface area contributed by atoms with Gasteiger partial charge in [-0.15, -0.1) is 0 Å². The summed E-state index contributed by atoms with van der Waals surface area (Å²) in [6, 6.07) is 1.89. The van der Waals surface area contributed by atoms with Crippen LogP contribution in [0.15, 0.2) is 12.3 Å². The van der Waals surface area contributed by atoms with E-state index in [9.17, 15) is 4.79 Å². The Morgan fingerprint density at radius 2 is 2.57 bits per heavy atom. The number of aromatic amines is 1. The molecule has 1 aromatic rings. The predicted octanol–water partition coefficient (Wildman–Crippen LogP) is 0.452. The van der Waals surface area contributed by atoms with E-state index in [2.05, 4.69) is 15.5 Å². The van der Waals surface area contributed by atoms with E-state index in [1.54, 1.807) is 13.1 Å². The molecule has 5 heteroatoms. The second-order valence-electron chi connectivity index (χ2n) is 2.81. The highest BCUT2D eigenvalue weighted by Gasteiger charge is 2.00. The molecule has 0 atom stereocenters. The Kier molecular flexibility index (Phi) is 4.71. The fourth-order valence-electron chi connectivity index (χ4n) is 1.03. The molecule has 0 spiro atoms. The number of H-pyrrole nitrogens is 1. The fourth-order valence-corrected chi connectivity index (χ4v) is 1.03. The summed E-state index contributed by atoms with van der Waals surface area (Å²) in [5.74, 6) is -0.162. The summed E-state index contributed by atoms with van der Waals surface area (Å²) in [6.07, 6.45) is 2.10. The molecular weight excluding hydrogens is 182 g/mol. The van der Waals surface area contributed by atoms with Gasteiger partial charge in [-0.1, -0.05) is 0 Å². The Morgan fingerprint density at radius 3 is 3.21 bits per heavy atom. The van der Waals surface area contributed by atoms with Gasteiger partial charge in [-0.3, -0.25) is 9.89 Å². The summed E-state index contributed by atoms with van der Waals surface area (Å²) in [5, 5.41) is 9.74. The van der Waals surface area contributed by atoms with Crippen LogP contribution in [0.3, 0.4) is 0 Å². The summed E-state index contributed by atoms with van der Waals surface area (Å²) < 4.78 is 4.78. The van der Waals surface area contributed by atoms with E-state index in [1.165, 1.54) is 0 Å². The summed E-state index contributed by atoms with van der Waals surface area (Å²) >= 11 is 0. The normalized spacial score (nSPS) is 10.1. The summed E-state index contributed by atoms with van der Waals surface area (Å²) in [5.41, 5.74) is 1.01. The van der Waals surface area contributed by atoms with Crippen molar-refractivity contribution >= 4 is 5.97 Å². The van der Waals surface area contributed by atoms with Gasteiger partial charge in [-0.05, 0) is 13.0 Å². The van der Waals surface area contributed by atoms with E-state index >= 15 is 0 Å². The van der Waals surface area contributed by atoms with Crippen LogP contribution in [-0.4, -0.2) is 29.3 Å². The number of hydrogen-bond donors (Lipinski definition) is 2. The number of ether oxygens (including phenoxy) is 1. The van der Waals surface area contributed by atoms with Crippen LogP contribution in [0.1, 0.15) is 19.0 Å². The molecule has 2 N–H and O–H groups in total. The van der Waals surface area contributed by atoms with Crippen LogP contribution in [0.25, 0.3) is 0 Å². The van der Waals surface area contributed by atoms with Gasteiger partial charge in [0.15, 0.2) is 0 Å². The third-order valence-electron chi connectivity index (χ3n) is 1.69. The first-order valence-electron chi connectivity index (χ1n) is 4.67. The number of carbonyl (C=O) groups is 1. The Hall–Kier alpha value is -1.36. The van der Waals surface area contributed by atoms with Gasteiger partial charge < -0.3 is 10.1 Å². The molecule has 0 aliphatic heterocycles. The Labute approximate surface area is 82.8 Å². The molecule has 0 radical (unpaired) electrons. The Bertz CT molecular complexity index is 259. The molecule has 0 aliphatic rings. The zero-order valence-corrected chi connectivity index (χ0v) is 8.25. The van der Waals surface area contributed by atoms with E-state index in [4.69, 9.17) is 4.74 Å². The molecule has 0 aliphatic carbocycles. The smallest absolute Gasteiger partial charge is 0.307 e. The maximum atomic E-state index is 10.9. The zero-order valence-electron chi connectivity index (χ0n) is 8.25. The van der Waals surface area contributed by atoms with Gasteiger partial charge in [-0.2, -0.15) is 5.10 Å². The molecule has 1 rings (SSSR count). The lowest BCUT2D eigenvalue weighted by Crippen LogP contribution is -2.19. The Morgan fingerprint density at radius 1 is 1.71 bits per heavy atom. The molecule has 0 aromatic carbocycles. The highest BCUT2D eigenvalue weighted by Crippen LogP contribution is 1.90. The molecule has 0 saturated heterocycles. The third-order valence-corrected chi connectivity index (χ3v) is 1.69. The number of rotatable bonds is 6. The van der Waals surface area contributed by atoms with Crippen molar-refractivity contribution in [1.29, 1.82) is 0 Å². The number of esters is 1. The Balaban J connectivity index is 2.02. The van der Waals surface area contributed by atoms with Gasteiger partial charge in [-0.25, -0.2) is 0 Å². The summed E-state index contributed by atoms with van der Waals surface area (Å²) in [7, 11) is 0. The van der Waals surface area contributed by atoms with Crippen molar-refractivity contribution in [2.24, 2.45) is 0 Å². The highest BCUT2D eigenvalue weighted by atomic mass is 16.5. The SMILES string of the molecule is CCOC(=O)CCNCc1ccn[nH]1.